The zero-order chi connectivity index (χ0) is 13.8. The van der Waals surface area contributed by atoms with E-state index in [9.17, 15) is 0 Å². The molecule has 19 heavy (non-hydrogen) atoms. The van der Waals surface area contributed by atoms with Crippen LogP contribution >= 0.6 is 15.9 Å². The lowest BCUT2D eigenvalue weighted by molar-refractivity contribution is 0.461. The van der Waals surface area contributed by atoms with Gasteiger partial charge >= 0.3 is 0 Å². The van der Waals surface area contributed by atoms with Gasteiger partial charge in [-0.25, -0.2) is 4.98 Å². The van der Waals surface area contributed by atoms with Crippen molar-refractivity contribution in [3.05, 3.63) is 40.8 Å². The van der Waals surface area contributed by atoms with Crippen LogP contribution in [0, 0.1) is 5.92 Å². The first-order chi connectivity index (χ1) is 9.11. The molecule has 0 aliphatic rings. The summed E-state index contributed by atoms with van der Waals surface area (Å²) in [4.78, 5) is 8.00. The van der Waals surface area contributed by atoms with Crippen LogP contribution in [-0.2, 0) is 0 Å². The Morgan fingerprint density at radius 3 is 2.79 bits per heavy atom. The van der Waals surface area contributed by atoms with Gasteiger partial charge in [-0.2, -0.15) is 0 Å². The second-order valence-corrected chi connectivity index (χ2v) is 6.02. The van der Waals surface area contributed by atoms with Crippen molar-refractivity contribution in [2.24, 2.45) is 5.92 Å². The van der Waals surface area contributed by atoms with Crippen LogP contribution in [0.2, 0.25) is 0 Å². The zero-order valence-electron chi connectivity index (χ0n) is 11.6. The number of hydrogen-bond donors (Lipinski definition) is 2. The number of nitrogens with one attached hydrogen (secondary N) is 2. The van der Waals surface area contributed by atoms with Gasteiger partial charge in [0.15, 0.2) is 0 Å². The molecule has 3 nitrogen and oxygen atoms in total. The van der Waals surface area contributed by atoms with Crippen LogP contribution in [0.25, 0.3) is 11.3 Å². The average molecular weight is 322 g/mol. The smallest absolute Gasteiger partial charge is 0.111 e. The van der Waals surface area contributed by atoms with Crippen LogP contribution in [0.5, 0.6) is 0 Å². The van der Waals surface area contributed by atoms with E-state index in [-0.39, 0.29) is 0 Å². The number of nitrogens with zero attached hydrogens (tertiary/aromatic N) is 1. The summed E-state index contributed by atoms with van der Waals surface area (Å²) in [7, 11) is 1.98. The van der Waals surface area contributed by atoms with E-state index in [1.807, 2.05) is 25.4 Å². The molecule has 1 aromatic carbocycles. The molecule has 1 unspecified atom stereocenters. The Morgan fingerprint density at radius 2 is 2.16 bits per heavy atom. The SMILES string of the molecule is CNCC(c1ncc(-c2cccc(Br)c2)[nH]1)C(C)C. The normalized spacial score (nSPS) is 12.9. The Hall–Kier alpha value is -1.13. The number of halogens is 1. The van der Waals surface area contributed by atoms with Crippen molar-refractivity contribution >= 4 is 15.9 Å². The Kier molecular flexibility index (Phi) is 4.77. The van der Waals surface area contributed by atoms with E-state index in [0.29, 0.717) is 11.8 Å². The Morgan fingerprint density at radius 1 is 1.37 bits per heavy atom. The van der Waals surface area contributed by atoms with Gasteiger partial charge in [0.1, 0.15) is 5.82 Å². The van der Waals surface area contributed by atoms with E-state index in [4.69, 9.17) is 0 Å². The molecule has 0 radical (unpaired) electrons. The van der Waals surface area contributed by atoms with Gasteiger partial charge in [-0.05, 0) is 25.1 Å². The third-order valence-electron chi connectivity index (χ3n) is 3.31. The Balaban J connectivity index is 2.27. The number of aromatic nitrogens is 2. The van der Waals surface area contributed by atoms with Crippen molar-refractivity contribution in [3.63, 3.8) is 0 Å². The highest BCUT2D eigenvalue weighted by Crippen LogP contribution is 2.26. The summed E-state index contributed by atoms with van der Waals surface area (Å²) in [5.74, 6) is 2.01. The van der Waals surface area contributed by atoms with Crippen molar-refractivity contribution in [1.82, 2.24) is 15.3 Å². The Labute approximate surface area is 123 Å². The minimum atomic E-state index is 0.408. The molecule has 1 heterocycles. The number of rotatable bonds is 5. The van der Waals surface area contributed by atoms with Crippen LogP contribution in [0.3, 0.4) is 0 Å². The van der Waals surface area contributed by atoms with Gasteiger partial charge in [-0.1, -0.05) is 41.9 Å². The molecular weight excluding hydrogens is 302 g/mol. The minimum Gasteiger partial charge on any atom is -0.342 e. The number of H-pyrrole nitrogens is 1. The van der Waals surface area contributed by atoms with E-state index in [1.54, 1.807) is 0 Å². The maximum Gasteiger partial charge on any atom is 0.111 e. The predicted octanol–water partition coefficient (Wildman–Crippen LogP) is 3.80. The lowest BCUT2D eigenvalue weighted by Gasteiger charge is -2.17. The second kappa shape index (κ2) is 6.35. The first-order valence-corrected chi connectivity index (χ1v) is 7.36. The second-order valence-electron chi connectivity index (χ2n) is 5.10. The molecule has 0 bridgehead atoms. The van der Waals surface area contributed by atoms with Crippen molar-refractivity contribution in [2.45, 2.75) is 19.8 Å². The van der Waals surface area contributed by atoms with Crippen LogP contribution in [-0.4, -0.2) is 23.6 Å². The lowest BCUT2D eigenvalue weighted by atomic mass is 9.95. The third-order valence-corrected chi connectivity index (χ3v) is 3.80. The summed E-state index contributed by atoms with van der Waals surface area (Å²) in [6, 6.07) is 8.25. The molecule has 0 amide bonds. The molecule has 4 heteroatoms. The quantitative estimate of drug-likeness (QED) is 0.879. The molecule has 0 spiro atoms. The molecular formula is C15H20BrN3. The highest BCUT2D eigenvalue weighted by atomic mass is 79.9. The van der Waals surface area contributed by atoms with Crippen LogP contribution < -0.4 is 5.32 Å². The van der Waals surface area contributed by atoms with Gasteiger partial charge < -0.3 is 10.3 Å². The fourth-order valence-electron chi connectivity index (χ4n) is 2.20. The van der Waals surface area contributed by atoms with Crippen LogP contribution in [0.1, 0.15) is 25.6 Å². The molecule has 0 saturated heterocycles. The number of likely N-dealkylation sites (N-methyl/N-ethyl adjacent to an activating group) is 1. The van der Waals surface area contributed by atoms with E-state index in [0.717, 1.165) is 28.1 Å². The van der Waals surface area contributed by atoms with Crippen molar-refractivity contribution in [3.8, 4) is 11.3 Å². The molecule has 0 saturated carbocycles. The van der Waals surface area contributed by atoms with Gasteiger partial charge in [0.2, 0.25) is 0 Å². The van der Waals surface area contributed by atoms with E-state index >= 15 is 0 Å². The summed E-state index contributed by atoms with van der Waals surface area (Å²) < 4.78 is 1.08. The molecule has 2 N–H and O–H groups in total. The third kappa shape index (κ3) is 3.45. The van der Waals surface area contributed by atoms with Crippen molar-refractivity contribution < 1.29 is 0 Å². The van der Waals surface area contributed by atoms with E-state index in [1.165, 1.54) is 0 Å². The lowest BCUT2D eigenvalue weighted by Crippen LogP contribution is -2.22. The highest BCUT2D eigenvalue weighted by molar-refractivity contribution is 9.10. The van der Waals surface area contributed by atoms with Gasteiger partial charge in [0.05, 0.1) is 11.9 Å². The van der Waals surface area contributed by atoms with Crippen molar-refractivity contribution in [2.75, 3.05) is 13.6 Å². The van der Waals surface area contributed by atoms with Gasteiger partial charge in [0.25, 0.3) is 0 Å². The van der Waals surface area contributed by atoms with Gasteiger partial charge in [0, 0.05) is 22.5 Å². The summed E-state index contributed by atoms with van der Waals surface area (Å²) in [5, 5.41) is 3.24. The van der Waals surface area contributed by atoms with Gasteiger partial charge in [-0.15, -0.1) is 0 Å². The monoisotopic (exact) mass is 321 g/mol. The van der Waals surface area contributed by atoms with Crippen LogP contribution in [0.4, 0.5) is 0 Å². The largest absolute Gasteiger partial charge is 0.342 e. The molecule has 2 aromatic rings. The maximum absolute atomic E-state index is 4.55. The number of aromatic amines is 1. The van der Waals surface area contributed by atoms with Gasteiger partial charge in [-0.3, -0.25) is 0 Å². The van der Waals surface area contributed by atoms with Crippen LogP contribution in [0.15, 0.2) is 34.9 Å². The molecule has 102 valence electrons. The molecule has 2 rings (SSSR count). The fraction of sp³-hybridized carbons (Fsp3) is 0.400. The number of imidazole rings is 1. The maximum atomic E-state index is 4.55. The highest BCUT2D eigenvalue weighted by Gasteiger charge is 2.18. The first kappa shape index (κ1) is 14.3. The molecule has 1 atom stereocenters. The molecule has 0 fully saturated rings. The molecule has 0 aliphatic heterocycles. The predicted molar refractivity (Wildman–Crippen MR) is 83.2 cm³/mol. The fourth-order valence-corrected chi connectivity index (χ4v) is 2.60. The summed E-state index contributed by atoms with van der Waals surface area (Å²) in [5.41, 5.74) is 2.22. The number of hydrogen-bond acceptors (Lipinski definition) is 2. The first-order valence-electron chi connectivity index (χ1n) is 6.57. The topological polar surface area (TPSA) is 40.7 Å². The summed E-state index contributed by atoms with van der Waals surface area (Å²) in [6.45, 7) is 5.38. The van der Waals surface area contributed by atoms with E-state index < -0.39 is 0 Å². The minimum absolute atomic E-state index is 0.408. The van der Waals surface area contributed by atoms with E-state index in [2.05, 4.69) is 57.2 Å². The molecule has 0 aliphatic carbocycles. The van der Waals surface area contributed by atoms with Crippen molar-refractivity contribution in [1.29, 1.82) is 0 Å². The standard InChI is InChI=1S/C15H20BrN3/c1-10(2)13(8-17-3)15-18-9-14(19-15)11-5-4-6-12(16)7-11/h4-7,9-10,13,17H,8H2,1-3H3,(H,18,19). The summed E-state index contributed by atoms with van der Waals surface area (Å²) >= 11 is 3.50. The zero-order valence-corrected chi connectivity index (χ0v) is 13.2. The number of benzene rings is 1. The molecule has 1 aromatic heterocycles. The summed E-state index contributed by atoms with van der Waals surface area (Å²) in [6.07, 6.45) is 1.92. The Bertz CT molecular complexity index is 534. The average Bonchev–Trinajstić information content (AvgIpc) is 2.84.